The van der Waals surface area contributed by atoms with Crippen LogP contribution in [-0.4, -0.2) is 36.2 Å². The molecule has 0 aromatic carbocycles. The molecule has 0 bridgehead atoms. The average molecular weight is 271 g/mol. The van der Waals surface area contributed by atoms with Crippen LogP contribution in [0.4, 0.5) is 5.82 Å². The van der Waals surface area contributed by atoms with E-state index in [1.54, 1.807) is 13.3 Å². The van der Waals surface area contributed by atoms with E-state index in [2.05, 4.69) is 14.9 Å². The molecule has 1 aliphatic rings. The summed E-state index contributed by atoms with van der Waals surface area (Å²) in [5.74, 6) is 0.765. The minimum absolute atomic E-state index is 0.353. The van der Waals surface area contributed by atoms with Crippen LogP contribution in [0.1, 0.15) is 25.7 Å². The summed E-state index contributed by atoms with van der Waals surface area (Å²) in [6.07, 6.45) is 6.17. The maximum atomic E-state index is 6.20. The summed E-state index contributed by atoms with van der Waals surface area (Å²) in [5, 5.41) is 0.569. The molecule has 18 heavy (non-hydrogen) atoms. The van der Waals surface area contributed by atoms with Gasteiger partial charge < -0.3 is 15.4 Å². The average Bonchev–Trinajstić information content (AvgIpc) is 2.33. The summed E-state index contributed by atoms with van der Waals surface area (Å²) in [7, 11) is 1.56. The highest BCUT2D eigenvalue weighted by atomic mass is 35.5. The number of nitrogens with two attached hydrogens (primary N) is 1. The number of nitrogens with zero attached hydrogens (tertiary/aromatic N) is 3. The smallest absolute Gasteiger partial charge is 0.318 e. The molecular formula is C12H19ClN4O. The molecule has 0 radical (unpaired) electrons. The van der Waals surface area contributed by atoms with E-state index in [-0.39, 0.29) is 0 Å². The van der Waals surface area contributed by atoms with Gasteiger partial charge in [0, 0.05) is 12.6 Å². The lowest BCUT2D eigenvalue weighted by atomic mass is 9.91. The second-order valence-corrected chi connectivity index (χ2v) is 4.86. The van der Waals surface area contributed by atoms with Crippen LogP contribution in [0, 0.1) is 0 Å². The number of anilines is 1. The van der Waals surface area contributed by atoms with Crippen molar-refractivity contribution in [2.75, 3.05) is 25.1 Å². The van der Waals surface area contributed by atoms with Gasteiger partial charge in [0.25, 0.3) is 0 Å². The Morgan fingerprint density at radius 3 is 2.89 bits per heavy atom. The van der Waals surface area contributed by atoms with E-state index < -0.39 is 0 Å². The lowest BCUT2D eigenvalue weighted by Crippen LogP contribution is -2.42. The molecule has 1 aromatic heterocycles. The van der Waals surface area contributed by atoms with Gasteiger partial charge in [-0.1, -0.05) is 11.6 Å². The quantitative estimate of drug-likeness (QED) is 0.855. The van der Waals surface area contributed by atoms with Crippen LogP contribution in [0.3, 0.4) is 0 Å². The van der Waals surface area contributed by atoms with Gasteiger partial charge in [0.2, 0.25) is 0 Å². The van der Waals surface area contributed by atoms with E-state index in [0.29, 0.717) is 23.6 Å². The fraction of sp³-hybridized carbons (Fsp3) is 0.667. The summed E-state index contributed by atoms with van der Waals surface area (Å²) in [6.45, 7) is 1.55. The number of rotatable bonds is 6. The van der Waals surface area contributed by atoms with Gasteiger partial charge in [-0.25, -0.2) is 4.98 Å². The Hall–Kier alpha value is -1.07. The van der Waals surface area contributed by atoms with Crippen LogP contribution in [0.15, 0.2) is 6.20 Å². The van der Waals surface area contributed by atoms with Gasteiger partial charge in [-0.15, -0.1) is 0 Å². The lowest BCUT2D eigenvalue weighted by Gasteiger charge is -2.38. The minimum atomic E-state index is 0.353. The van der Waals surface area contributed by atoms with Crippen LogP contribution in [0.25, 0.3) is 0 Å². The number of halogens is 1. The second-order valence-electron chi connectivity index (χ2n) is 4.45. The first-order valence-corrected chi connectivity index (χ1v) is 6.67. The predicted octanol–water partition coefficient (Wildman–Crippen LogP) is 1.85. The number of hydrogen-bond acceptors (Lipinski definition) is 5. The first-order chi connectivity index (χ1) is 8.76. The number of hydrogen-bond donors (Lipinski definition) is 1. The molecule has 0 aliphatic heterocycles. The fourth-order valence-electron chi connectivity index (χ4n) is 2.06. The molecule has 0 unspecified atom stereocenters. The molecule has 0 amide bonds. The van der Waals surface area contributed by atoms with E-state index in [1.165, 1.54) is 19.3 Å². The molecule has 0 saturated heterocycles. The third kappa shape index (κ3) is 2.84. The second kappa shape index (κ2) is 6.20. The maximum absolute atomic E-state index is 6.20. The summed E-state index contributed by atoms with van der Waals surface area (Å²) >= 11 is 6.20. The van der Waals surface area contributed by atoms with Gasteiger partial charge in [0.05, 0.1) is 13.3 Å². The summed E-state index contributed by atoms with van der Waals surface area (Å²) in [4.78, 5) is 10.6. The van der Waals surface area contributed by atoms with Crippen molar-refractivity contribution in [1.82, 2.24) is 9.97 Å². The molecule has 100 valence electrons. The van der Waals surface area contributed by atoms with Crippen molar-refractivity contribution >= 4 is 17.4 Å². The monoisotopic (exact) mass is 270 g/mol. The molecule has 0 spiro atoms. The summed E-state index contributed by atoms with van der Waals surface area (Å²) in [5.41, 5.74) is 5.59. The van der Waals surface area contributed by atoms with Gasteiger partial charge in [-0.2, -0.15) is 4.98 Å². The van der Waals surface area contributed by atoms with E-state index in [4.69, 9.17) is 22.1 Å². The molecule has 2 N–H and O–H groups in total. The van der Waals surface area contributed by atoms with Crippen molar-refractivity contribution in [2.45, 2.75) is 31.7 Å². The molecule has 1 fully saturated rings. The van der Waals surface area contributed by atoms with Crippen LogP contribution >= 0.6 is 11.6 Å². The van der Waals surface area contributed by atoms with Gasteiger partial charge in [-0.3, -0.25) is 0 Å². The largest absolute Gasteiger partial charge is 0.467 e. The zero-order chi connectivity index (χ0) is 13.0. The molecule has 1 heterocycles. The van der Waals surface area contributed by atoms with Crippen molar-refractivity contribution in [2.24, 2.45) is 5.73 Å². The van der Waals surface area contributed by atoms with Gasteiger partial charge in [0.15, 0.2) is 5.82 Å². The standard InChI is InChI=1S/C12H19ClN4O/c1-18-12-15-8-10(13)11(16-12)17(7-3-6-14)9-4-2-5-9/h8-9H,2-7,14H2,1H3. The van der Waals surface area contributed by atoms with E-state index in [0.717, 1.165) is 18.8 Å². The summed E-state index contributed by atoms with van der Waals surface area (Å²) in [6, 6.07) is 0.875. The molecule has 1 saturated carbocycles. The molecule has 0 atom stereocenters. The van der Waals surface area contributed by atoms with Crippen LogP contribution in [-0.2, 0) is 0 Å². The van der Waals surface area contributed by atoms with Crippen LogP contribution in [0.5, 0.6) is 6.01 Å². The predicted molar refractivity (Wildman–Crippen MR) is 72.3 cm³/mol. The Labute approximate surface area is 112 Å². The highest BCUT2D eigenvalue weighted by Crippen LogP contribution is 2.33. The first kappa shape index (κ1) is 13.4. The van der Waals surface area contributed by atoms with Gasteiger partial charge in [0.1, 0.15) is 5.02 Å². The Bertz CT molecular complexity index is 398. The molecular weight excluding hydrogens is 252 g/mol. The number of ether oxygens (including phenoxy) is 1. The van der Waals surface area contributed by atoms with Crippen LogP contribution < -0.4 is 15.4 Å². The first-order valence-electron chi connectivity index (χ1n) is 6.29. The van der Waals surface area contributed by atoms with Gasteiger partial charge >= 0.3 is 6.01 Å². The Morgan fingerprint density at radius 1 is 1.56 bits per heavy atom. The van der Waals surface area contributed by atoms with E-state index >= 15 is 0 Å². The van der Waals surface area contributed by atoms with Crippen LogP contribution in [0.2, 0.25) is 5.02 Å². The number of methoxy groups -OCH3 is 1. The Balaban J connectivity index is 2.22. The third-order valence-corrected chi connectivity index (χ3v) is 3.54. The van der Waals surface area contributed by atoms with Crippen molar-refractivity contribution in [3.05, 3.63) is 11.2 Å². The Kier molecular flexibility index (Phi) is 4.60. The fourth-order valence-corrected chi connectivity index (χ4v) is 2.26. The lowest BCUT2D eigenvalue weighted by molar-refractivity contribution is 0.368. The normalized spacial score (nSPS) is 15.3. The molecule has 1 aliphatic carbocycles. The molecule has 2 rings (SSSR count). The van der Waals surface area contributed by atoms with Crippen molar-refractivity contribution < 1.29 is 4.74 Å². The molecule has 1 aromatic rings. The van der Waals surface area contributed by atoms with Crippen molar-refractivity contribution in [1.29, 1.82) is 0 Å². The van der Waals surface area contributed by atoms with Gasteiger partial charge in [-0.05, 0) is 32.2 Å². The maximum Gasteiger partial charge on any atom is 0.318 e. The SMILES string of the molecule is COc1ncc(Cl)c(N(CCCN)C2CCC2)n1. The summed E-state index contributed by atoms with van der Waals surface area (Å²) < 4.78 is 5.06. The highest BCUT2D eigenvalue weighted by molar-refractivity contribution is 6.32. The highest BCUT2D eigenvalue weighted by Gasteiger charge is 2.27. The minimum Gasteiger partial charge on any atom is -0.467 e. The molecule has 5 nitrogen and oxygen atoms in total. The Morgan fingerprint density at radius 2 is 2.33 bits per heavy atom. The third-order valence-electron chi connectivity index (χ3n) is 3.28. The number of aromatic nitrogens is 2. The van der Waals surface area contributed by atoms with Crippen molar-refractivity contribution in [3.8, 4) is 6.01 Å². The molecule has 6 heteroatoms. The van der Waals surface area contributed by atoms with E-state index in [9.17, 15) is 0 Å². The van der Waals surface area contributed by atoms with E-state index in [1.807, 2.05) is 0 Å². The zero-order valence-electron chi connectivity index (χ0n) is 10.6. The zero-order valence-corrected chi connectivity index (χ0v) is 11.4. The topological polar surface area (TPSA) is 64.3 Å². The van der Waals surface area contributed by atoms with Crippen molar-refractivity contribution in [3.63, 3.8) is 0 Å².